The molecule has 0 unspecified atom stereocenters. The molecule has 0 saturated heterocycles. The van der Waals surface area contributed by atoms with Crippen LogP contribution in [0.1, 0.15) is 20.8 Å². The third kappa shape index (κ3) is 6.16. The molecule has 0 aliphatic carbocycles. The summed E-state index contributed by atoms with van der Waals surface area (Å²) in [7, 11) is 0. The summed E-state index contributed by atoms with van der Waals surface area (Å²) in [6.07, 6.45) is 0. The molecule has 0 amide bonds. The quantitative estimate of drug-likeness (QED) is 0.514. The van der Waals surface area contributed by atoms with Gasteiger partial charge in [0, 0.05) is 0 Å². The van der Waals surface area contributed by atoms with E-state index in [0.29, 0.717) is 0 Å². The van der Waals surface area contributed by atoms with E-state index in [9.17, 15) is 14.0 Å². The summed E-state index contributed by atoms with van der Waals surface area (Å²) in [6.45, 7) is 7.10. The lowest BCUT2D eigenvalue weighted by Gasteiger charge is -2.19. The van der Waals surface area contributed by atoms with Gasteiger partial charge in [-0.3, -0.25) is 0 Å². The van der Waals surface area contributed by atoms with E-state index >= 15 is 0 Å². The van der Waals surface area contributed by atoms with Crippen molar-refractivity contribution in [1.29, 1.82) is 0 Å². The predicted molar refractivity (Wildman–Crippen MR) is 47.1 cm³/mol. The Hall–Kier alpha value is -1.39. The van der Waals surface area contributed by atoms with Gasteiger partial charge in [0.25, 0.3) is 0 Å². The zero-order valence-electron chi connectivity index (χ0n) is 8.43. The Kier molecular flexibility index (Phi) is 4.27. The van der Waals surface area contributed by atoms with Crippen LogP contribution >= 0.6 is 0 Å². The Morgan fingerprint density at radius 3 is 2.21 bits per heavy atom. The van der Waals surface area contributed by atoms with E-state index in [0.717, 1.165) is 0 Å². The third-order valence-electron chi connectivity index (χ3n) is 0.963. The molecule has 0 aromatic carbocycles. The van der Waals surface area contributed by atoms with Gasteiger partial charge in [0.1, 0.15) is 5.60 Å². The van der Waals surface area contributed by atoms with E-state index in [-0.39, 0.29) is 0 Å². The van der Waals surface area contributed by atoms with Crippen LogP contribution in [0.2, 0.25) is 0 Å². The first-order chi connectivity index (χ1) is 6.22. The Morgan fingerprint density at radius 2 is 1.86 bits per heavy atom. The van der Waals surface area contributed by atoms with Gasteiger partial charge in [-0.1, -0.05) is 6.58 Å². The number of ether oxygens (including phenoxy) is 2. The lowest BCUT2D eigenvalue weighted by molar-refractivity contribution is -0.165. The number of halogens is 1. The van der Waals surface area contributed by atoms with Gasteiger partial charge >= 0.3 is 11.9 Å². The van der Waals surface area contributed by atoms with Crippen molar-refractivity contribution < 1.29 is 23.5 Å². The van der Waals surface area contributed by atoms with Crippen LogP contribution in [0, 0.1) is 0 Å². The highest BCUT2D eigenvalue weighted by Crippen LogP contribution is 2.07. The monoisotopic (exact) mass is 204 g/mol. The van der Waals surface area contributed by atoms with E-state index in [1.54, 1.807) is 20.8 Å². The van der Waals surface area contributed by atoms with Crippen LogP contribution in [0.5, 0.6) is 0 Å². The molecule has 0 fully saturated rings. The first-order valence-electron chi connectivity index (χ1n) is 3.96. The molecule has 0 heterocycles. The van der Waals surface area contributed by atoms with Crippen LogP contribution in [0.3, 0.4) is 0 Å². The summed E-state index contributed by atoms with van der Waals surface area (Å²) in [5.41, 5.74) is -0.657. The average Bonchev–Trinajstić information content (AvgIpc) is 1.96. The molecule has 0 radical (unpaired) electrons. The number of hydrogen-bond donors (Lipinski definition) is 0. The lowest BCUT2D eigenvalue weighted by Crippen LogP contribution is -2.27. The highest BCUT2D eigenvalue weighted by Gasteiger charge is 2.18. The zero-order chi connectivity index (χ0) is 11.4. The van der Waals surface area contributed by atoms with E-state index in [1.165, 1.54) is 0 Å². The van der Waals surface area contributed by atoms with E-state index in [4.69, 9.17) is 4.74 Å². The minimum absolute atomic E-state index is 0.612. The molecule has 0 aromatic rings. The summed E-state index contributed by atoms with van der Waals surface area (Å²) in [5.74, 6) is -3.23. The first-order valence-corrected chi connectivity index (χ1v) is 3.96. The van der Waals surface area contributed by atoms with Gasteiger partial charge in [0.2, 0.25) is 5.83 Å². The van der Waals surface area contributed by atoms with Crippen molar-refractivity contribution in [2.24, 2.45) is 0 Å². The molecule has 0 N–H and O–H groups in total. The van der Waals surface area contributed by atoms with Crippen LogP contribution in [0.15, 0.2) is 12.4 Å². The van der Waals surface area contributed by atoms with Crippen LogP contribution in [0.25, 0.3) is 0 Å². The van der Waals surface area contributed by atoms with Gasteiger partial charge in [0.05, 0.1) is 0 Å². The van der Waals surface area contributed by atoms with Crippen molar-refractivity contribution in [3.63, 3.8) is 0 Å². The van der Waals surface area contributed by atoms with Gasteiger partial charge in [-0.05, 0) is 20.8 Å². The van der Waals surface area contributed by atoms with E-state index in [2.05, 4.69) is 11.3 Å². The molecule has 0 spiro atoms. The van der Waals surface area contributed by atoms with Crippen LogP contribution in [-0.4, -0.2) is 24.1 Å². The van der Waals surface area contributed by atoms with Crippen molar-refractivity contribution in [2.75, 3.05) is 6.61 Å². The highest BCUT2D eigenvalue weighted by molar-refractivity contribution is 5.87. The molecule has 4 nitrogen and oxygen atoms in total. The Labute approximate surface area is 81.7 Å². The standard InChI is InChI=1S/C9H13FO4/c1-6(10)8(12)13-5-7(11)14-9(2,3)4/h1,5H2,2-4H3. The SMILES string of the molecule is C=C(F)C(=O)OCC(=O)OC(C)(C)C. The molecule has 5 heteroatoms. The Bertz CT molecular complexity index is 252. The predicted octanol–water partition coefficient (Wildman–Crippen LogP) is 1.35. The molecule has 0 atom stereocenters. The maximum Gasteiger partial charge on any atom is 0.367 e. The average molecular weight is 204 g/mol. The fourth-order valence-electron chi connectivity index (χ4n) is 0.574. The van der Waals surface area contributed by atoms with Crippen LogP contribution < -0.4 is 0 Å². The number of rotatable bonds is 3. The van der Waals surface area contributed by atoms with Crippen molar-refractivity contribution in [1.82, 2.24) is 0 Å². The topological polar surface area (TPSA) is 52.6 Å². The second-order valence-corrected chi connectivity index (χ2v) is 3.57. The van der Waals surface area contributed by atoms with Crippen LogP contribution in [0.4, 0.5) is 4.39 Å². The number of esters is 2. The number of carbonyl (C=O) groups excluding carboxylic acids is 2. The van der Waals surface area contributed by atoms with Crippen LogP contribution in [-0.2, 0) is 19.1 Å². The van der Waals surface area contributed by atoms with Crippen molar-refractivity contribution in [3.05, 3.63) is 12.4 Å². The molecule has 80 valence electrons. The largest absolute Gasteiger partial charge is 0.457 e. The fraction of sp³-hybridized carbons (Fsp3) is 0.556. The third-order valence-corrected chi connectivity index (χ3v) is 0.963. The smallest absolute Gasteiger partial charge is 0.367 e. The number of hydrogen-bond acceptors (Lipinski definition) is 4. The van der Waals surface area contributed by atoms with Gasteiger partial charge in [-0.2, -0.15) is 4.39 Å². The first kappa shape index (κ1) is 12.6. The minimum Gasteiger partial charge on any atom is -0.457 e. The molecule has 0 bridgehead atoms. The normalized spacial score (nSPS) is 10.6. The van der Waals surface area contributed by atoms with E-state index < -0.39 is 30.0 Å². The van der Waals surface area contributed by atoms with Gasteiger partial charge in [-0.15, -0.1) is 0 Å². The highest BCUT2D eigenvalue weighted by atomic mass is 19.1. The summed E-state index contributed by atoms with van der Waals surface area (Å²) in [6, 6.07) is 0. The van der Waals surface area contributed by atoms with E-state index in [1.807, 2.05) is 0 Å². The van der Waals surface area contributed by atoms with Crippen molar-refractivity contribution in [2.45, 2.75) is 26.4 Å². The zero-order valence-corrected chi connectivity index (χ0v) is 8.43. The fourth-order valence-corrected chi connectivity index (χ4v) is 0.574. The molecule has 0 rings (SSSR count). The van der Waals surface area contributed by atoms with Crippen molar-refractivity contribution in [3.8, 4) is 0 Å². The number of carbonyl (C=O) groups is 2. The second kappa shape index (κ2) is 4.74. The maximum absolute atomic E-state index is 12.1. The molecule has 0 aliphatic rings. The minimum atomic E-state index is -1.25. The van der Waals surface area contributed by atoms with Crippen molar-refractivity contribution >= 4 is 11.9 Å². The maximum atomic E-state index is 12.1. The molecule has 0 aliphatic heterocycles. The summed E-state index contributed by atoms with van der Waals surface area (Å²) in [4.78, 5) is 21.4. The molecular formula is C9H13FO4. The van der Waals surface area contributed by atoms with Gasteiger partial charge in [0.15, 0.2) is 6.61 Å². The molecule has 14 heavy (non-hydrogen) atoms. The summed E-state index contributed by atoms with van der Waals surface area (Å²) >= 11 is 0. The van der Waals surface area contributed by atoms with Gasteiger partial charge < -0.3 is 9.47 Å². The van der Waals surface area contributed by atoms with Gasteiger partial charge in [-0.25, -0.2) is 9.59 Å². The molecular weight excluding hydrogens is 191 g/mol. The summed E-state index contributed by atoms with van der Waals surface area (Å²) in [5, 5.41) is 0. The molecule has 0 aromatic heterocycles. The summed E-state index contributed by atoms with van der Waals surface area (Å²) < 4.78 is 21.1. The molecule has 0 saturated carbocycles. The Balaban J connectivity index is 3.87. The second-order valence-electron chi connectivity index (χ2n) is 3.57. The lowest BCUT2D eigenvalue weighted by atomic mass is 10.2. The Morgan fingerprint density at radius 1 is 1.36 bits per heavy atom.